The summed E-state index contributed by atoms with van der Waals surface area (Å²) in [6.07, 6.45) is -0.840. The number of ether oxygens (including phenoxy) is 4. The first-order chi connectivity index (χ1) is 49.1. The van der Waals surface area contributed by atoms with Crippen molar-refractivity contribution in [1.29, 1.82) is 0 Å². The van der Waals surface area contributed by atoms with E-state index in [0.717, 1.165) is 0 Å². The van der Waals surface area contributed by atoms with Crippen LogP contribution in [-0.4, -0.2) is 220 Å². The van der Waals surface area contributed by atoms with Gasteiger partial charge in [0.1, 0.15) is 36.3 Å². The first kappa shape index (κ1) is 88.8. The summed E-state index contributed by atoms with van der Waals surface area (Å²) in [4.78, 5) is 166. The fourth-order valence-corrected chi connectivity index (χ4v) is 13.9. The number of urea groups is 1. The Bertz CT molecular complexity index is 3180. The number of hydrogen-bond donors (Lipinski definition) is 10. The van der Waals surface area contributed by atoms with Crippen molar-refractivity contribution in [2.45, 2.75) is 220 Å². The van der Waals surface area contributed by atoms with Crippen molar-refractivity contribution in [1.82, 2.24) is 51.9 Å². The van der Waals surface area contributed by atoms with E-state index in [1.165, 1.54) is 38.5 Å². The molecule has 2 aromatic carbocycles. The fourth-order valence-electron chi connectivity index (χ4n) is 13.0. The van der Waals surface area contributed by atoms with Crippen LogP contribution in [0.25, 0.3) is 0 Å². The first-order valence-electron chi connectivity index (χ1n) is 36.1. The standard InChI is InChI=1S/C72H117N12O19P/c1-17-36-100-37-33-56(85)78-53(39-57(86)77-52-32-38-101-71(52)94)67(90)80-59(42(3)4)68(91)79-51(26-22-34-74-72(73)95)66(89)76-50-30-28-48(29-31-50)41-102-104(96,97)103-64(49-24-20-19-21-25-49)47(11)75-65(88)46(10)63(99-16)54-27-23-35-84(54)58(87)40-55(98-15)62(45(9)18-2)83(14)70(93)60(43(5)6)81-69(92)61(44(7)8)82(12)13/h19-21,24-25,28-31,42-47,51-55,59-64H,17-18,22-23,26-27,32-41H2,1-16H3,(H,75,88)(H,76,89)(H,77,86)(H,78,85)(H,79,91)(H,80,90)(H,81,92)(H,96,97)(H3,73,74,95)/t45-,46+,47+,51-,52-,53-,54-,55+,59?,60-,61-,62-,63+,64+/m0/s1. The molecule has 2 unspecified atom stereocenters. The minimum absolute atomic E-state index is 0.0212. The number of benzene rings is 2. The number of amides is 11. The third-order valence-electron chi connectivity index (χ3n) is 18.7. The van der Waals surface area contributed by atoms with E-state index in [1.807, 2.05) is 67.5 Å². The lowest BCUT2D eigenvalue weighted by Gasteiger charge is -2.41. The Morgan fingerprint density at radius 3 is 1.95 bits per heavy atom. The number of carbonyl (C=O) groups excluding carboxylic acids is 11. The first-order valence-corrected chi connectivity index (χ1v) is 37.6. The molecule has 0 aliphatic carbocycles. The number of nitrogens with two attached hydrogens (primary N) is 1. The number of esters is 1. The molecule has 0 saturated carbocycles. The van der Waals surface area contributed by atoms with E-state index in [9.17, 15) is 62.2 Å². The Morgan fingerprint density at radius 2 is 1.38 bits per heavy atom. The second-order valence-corrected chi connectivity index (χ2v) is 29.5. The number of phosphoric acid groups is 1. The van der Waals surface area contributed by atoms with Crippen LogP contribution in [0.3, 0.4) is 0 Å². The van der Waals surface area contributed by atoms with Crippen LogP contribution in [0.1, 0.15) is 158 Å². The third kappa shape index (κ3) is 27.7. The summed E-state index contributed by atoms with van der Waals surface area (Å²) in [5.74, 6) is -7.65. The largest absolute Gasteiger partial charge is 0.473 e. The van der Waals surface area contributed by atoms with Crippen molar-refractivity contribution < 1.29 is 90.2 Å². The highest BCUT2D eigenvalue weighted by Crippen LogP contribution is 2.49. The number of carbonyl (C=O) groups is 11. The van der Waals surface area contributed by atoms with Crippen molar-refractivity contribution >= 4 is 78.7 Å². The van der Waals surface area contributed by atoms with Gasteiger partial charge in [-0.25, -0.2) is 14.2 Å². The van der Waals surface area contributed by atoms with E-state index in [2.05, 4.69) is 42.5 Å². The molecule has 2 aromatic rings. The molecule has 584 valence electrons. The minimum atomic E-state index is -4.97. The third-order valence-corrected chi connectivity index (χ3v) is 19.7. The summed E-state index contributed by atoms with van der Waals surface area (Å²) >= 11 is 0. The molecule has 2 aliphatic rings. The van der Waals surface area contributed by atoms with Crippen LogP contribution in [-0.2, 0) is 87.1 Å². The maximum Gasteiger partial charge on any atom is 0.473 e. The Hall–Kier alpha value is -7.64. The van der Waals surface area contributed by atoms with Gasteiger partial charge in [-0.05, 0) is 100 Å². The summed E-state index contributed by atoms with van der Waals surface area (Å²) in [6.45, 7) is 20.5. The molecule has 2 aliphatic heterocycles. The molecule has 2 saturated heterocycles. The molecular weight excluding hydrogens is 1370 g/mol. The van der Waals surface area contributed by atoms with E-state index in [4.69, 9.17) is 33.7 Å². The lowest BCUT2D eigenvalue weighted by atomic mass is 9.89. The number of hydrogen-bond acceptors (Lipinski definition) is 19. The maximum absolute atomic E-state index is 14.6. The number of nitrogens with zero attached hydrogens (tertiary/aromatic N) is 3. The van der Waals surface area contributed by atoms with Gasteiger partial charge in [-0.3, -0.25) is 57.1 Å². The molecule has 4 rings (SSSR count). The summed E-state index contributed by atoms with van der Waals surface area (Å²) in [5, 5.41) is 21.5. The monoisotopic (exact) mass is 1480 g/mol. The zero-order chi connectivity index (χ0) is 77.7. The van der Waals surface area contributed by atoms with E-state index in [-0.39, 0.29) is 93.0 Å². The predicted octanol–water partition coefficient (Wildman–Crippen LogP) is 4.35. The van der Waals surface area contributed by atoms with Crippen molar-refractivity contribution in [3.63, 3.8) is 0 Å². The van der Waals surface area contributed by atoms with Crippen LogP contribution in [0.15, 0.2) is 54.6 Å². The number of rotatable bonds is 45. The number of phosphoric ester groups is 1. The highest BCUT2D eigenvalue weighted by atomic mass is 31.2. The van der Waals surface area contributed by atoms with Crippen molar-refractivity contribution in [2.75, 3.05) is 73.6 Å². The average molecular weight is 1490 g/mol. The summed E-state index contributed by atoms with van der Waals surface area (Å²) < 4.78 is 47.9. The number of likely N-dealkylation sites (N-methyl/N-ethyl adjacent to an activating group) is 2. The van der Waals surface area contributed by atoms with Crippen LogP contribution in [0, 0.1) is 29.6 Å². The molecule has 31 nitrogen and oxygen atoms in total. The highest BCUT2D eigenvalue weighted by molar-refractivity contribution is 7.47. The molecule has 32 heteroatoms. The molecule has 0 bridgehead atoms. The fraction of sp³-hybridized carbons (Fsp3) is 0.681. The quantitative estimate of drug-likeness (QED) is 0.0250. The van der Waals surface area contributed by atoms with Gasteiger partial charge in [0.25, 0.3) is 0 Å². The average Bonchev–Trinajstić information content (AvgIpc) is 1.40. The normalized spacial score (nSPS) is 18.6. The van der Waals surface area contributed by atoms with Crippen molar-refractivity contribution in [2.24, 2.45) is 35.3 Å². The molecule has 2 fully saturated rings. The lowest BCUT2D eigenvalue weighted by Crippen LogP contribution is -2.59. The minimum Gasteiger partial charge on any atom is -0.464 e. The van der Waals surface area contributed by atoms with Crippen LogP contribution in [0.4, 0.5) is 10.5 Å². The van der Waals surface area contributed by atoms with Gasteiger partial charge in [0.2, 0.25) is 53.2 Å². The maximum atomic E-state index is 14.6. The van der Waals surface area contributed by atoms with Gasteiger partial charge in [0, 0.05) is 59.5 Å². The Morgan fingerprint density at radius 1 is 0.731 bits per heavy atom. The zero-order valence-corrected chi connectivity index (χ0v) is 64.4. The van der Waals surface area contributed by atoms with Crippen LogP contribution >= 0.6 is 7.82 Å². The van der Waals surface area contributed by atoms with E-state index < -0.39 is 153 Å². The zero-order valence-electron chi connectivity index (χ0n) is 63.5. The number of primary amides is 1. The van der Waals surface area contributed by atoms with Gasteiger partial charge in [-0.15, -0.1) is 0 Å². The number of cyclic esters (lactones) is 1. The van der Waals surface area contributed by atoms with Gasteiger partial charge in [-0.2, -0.15) is 0 Å². The van der Waals surface area contributed by atoms with E-state index in [1.54, 1.807) is 74.9 Å². The predicted molar refractivity (Wildman–Crippen MR) is 388 cm³/mol. The Labute approximate surface area is 612 Å². The molecule has 11 amide bonds. The summed E-state index contributed by atoms with van der Waals surface area (Å²) in [5.41, 5.74) is 6.29. The Kier molecular flexibility index (Phi) is 37.3. The molecule has 0 radical (unpaired) electrons. The molecular formula is C72H117N12O19P. The smallest absolute Gasteiger partial charge is 0.464 e. The topological polar surface area (TPSA) is 412 Å². The van der Waals surface area contributed by atoms with Crippen LogP contribution in [0.5, 0.6) is 0 Å². The molecule has 2 heterocycles. The van der Waals surface area contributed by atoms with Crippen molar-refractivity contribution in [3.05, 3.63) is 65.7 Å². The van der Waals surface area contributed by atoms with Crippen LogP contribution in [0.2, 0.25) is 0 Å². The number of methoxy groups -OCH3 is 2. The van der Waals surface area contributed by atoms with Gasteiger partial charge < -0.3 is 81.9 Å². The van der Waals surface area contributed by atoms with E-state index >= 15 is 0 Å². The van der Waals surface area contributed by atoms with Gasteiger partial charge in [0.15, 0.2) is 0 Å². The molecule has 104 heavy (non-hydrogen) atoms. The van der Waals surface area contributed by atoms with Gasteiger partial charge >= 0.3 is 19.8 Å². The number of likely N-dealkylation sites (tertiary alicyclic amines) is 1. The summed E-state index contributed by atoms with van der Waals surface area (Å²) in [7, 11) is 3.34. The number of nitrogens with one attached hydrogen (secondary N) is 8. The number of anilines is 1. The second kappa shape index (κ2) is 43.7. The second-order valence-electron chi connectivity index (χ2n) is 28.1. The lowest BCUT2D eigenvalue weighted by molar-refractivity contribution is -0.148. The SMILES string of the molecule is CCCOCCC(=O)N[C@@H](CC(=O)N[C@H]1CCOC1=O)C(=O)NC(C(=O)N[C@@H](CCCNC(N)=O)C(=O)Nc1ccc(COP(=O)(O)O[C@@H](c2ccccc2)[C@@H](C)NC(=O)[C@H](C)[C@@H](OC)[C@@H]2CCCN2C(=O)C[C@@H](OC)[C@H]([C@@H](C)CC)N(C)C(=O)[C@@H](NC(=O)[C@H](C(C)C)N(C)C)C(C)C)cc1)C(C)C. The molecule has 11 N–H and O–H groups in total. The molecule has 15 atom stereocenters. The molecule has 0 spiro atoms. The van der Waals surface area contributed by atoms with Crippen LogP contribution < -0.4 is 48.3 Å². The van der Waals surface area contributed by atoms with Gasteiger partial charge in [-0.1, -0.05) is 118 Å². The highest BCUT2D eigenvalue weighted by Gasteiger charge is 2.45. The Balaban J connectivity index is 1.45. The van der Waals surface area contributed by atoms with Crippen molar-refractivity contribution in [3.8, 4) is 0 Å². The molecule has 0 aromatic heterocycles. The van der Waals surface area contributed by atoms with Gasteiger partial charge in [0.05, 0.1) is 75.0 Å². The van der Waals surface area contributed by atoms with E-state index in [0.29, 0.717) is 50.0 Å². The summed E-state index contributed by atoms with van der Waals surface area (Å²) in [6, 6.07) is 5.17.